The molecular weight excluding hydrogens is 349 g/mol. The Morgan fingerprint density at radius 3 is 2.79 bits per heavy atom. The lowest BCUT2D eigenvalue weighted by molar-refractivity contribution is -0.128. The average Bonchev–Trinajstić information content (AvgIpc) is 2.59. The monoisotopic (exact) mass is 367 g/mol. The van der Waals surface area contributed by atoms with Crippen LogP contribution in [-0.2, 0) is 11.3 Å². The average molecular weight is 368 g/mol. The number of benzene rings is 1. The first-order chi connectivity index (χ1) is 11.5. The maximum atomic E-state index is 12.3. The smallest absolute Gasteiger partial charge is 0.261 e. The lowest BCUT2D eigenvalue weighted by Crippen LogP contribution is -2.37. The van der Waals surface area contributed by atoms with Crippen molar-refractivity contribution in [1.82, 2.24) is 10.3 Å². The second-order valence-corrected chi connectivity index (χ2v) is 5.97. The highest BCUT2D eigenvalue weighted by atomic mass is 35.5. The number of amides is 1. The summed E-state index contributed by atoms with van der Waals surface area (Å²) in [4.78, 5) is 16.4. The number of aromatic nitrogens is 1. The summed E-state index contributed by atoms with van der Waals surface area (Å²) in [7, 11) is 1.85. The number of pyridine rings is 1. The summed E-state index contributed by atoms with van der Waals surface area (Å²) in [5, 5.41) is 6.61. The molecule has 128 valence electrons. The van der Waals surface area contributed by atoms with Gasteiger partial charge in [-0.1, -0.05) is 42.3 Å². The Balaban J connectivity index is 1.98. The Kier molecular flexibility index (Phi) is 6.70. The zero-order chi connectivity index (χ0) is 17.5. The Bertz CT molecular complexity index is 710. The van der Waals surface area contributed by atoms with Gasteiger partial charge in [0.2, 0.25) is 5.88 Å². The molecule has 0 bridgehead atoms. The molecule has 0 saturated heterocycles. The fourth-order valence-corrected chi connectivity index (χ4v) is 2.51. The molecule has 2 rings (SSSR count). The molecule has 5 nitrogen and oxygen atoms in total. The van der Waals surface area contributed by atoms with Crippen LogP contribution < -0.4 is 15.4 Å². The molecule has 2 N–H and O–H groups in total. The van der Waals surface area contributed by atoms with E-state index in [1.165, 1.54) is 12.3 Å². The van der Waals surface area contributed by atoms with Crippen LogP contribution in [0.1, 0.15) is 18.9 Å². The van der Waals surface area contributed by atoms with Gasteiger partial charge in [0, 0.05) is 25.5 Å². The minimum Gasteiger partial charge on any atom is -0.463 e. The van der Waals surface area contributed by atoms with E-state index in [0.29, 0.717) is 18.0 Å². The van der Waals surface area contributed by atoms with Gasteiger partial charge < -0.3 is 15.4 Å². The van der Waals surface area contributed by atoms with E-state index in [-0.39, 0.29) is 16.8 Å². The minimum absolute atomic E-state index is 0.195. The SMILES string of the molecule is CCC(Oc1ncc(Cl)cc1Cl)C(=O)NCc1cccc(NC)c1. The minimum atomic E-state index is -0.677. The Hall–Kier alpha value is -1.98. The number of hydrogen-bond acceptors (Lipinski definition) is 4. The van der Waals surface area contributed by atoms with Crippen LogP contribution in [0.2, 0.25) is 10.0 Å². The molecule has 0 saturated carbocycles. The van der Waals surface area contributed by atoms with Gasteiger partial charge in [0.05, 0.1) is 5.02 Å². The number of ether oxygens (including phenoxy) is 1. The van der Waals surface area contributed by atoms with Crippen molar-refractivity contribution >= 4 is 34.8 Å². The van der Waals surface area contributed by atoms with Gasteiger partial charge in [-0.25, -0.2) is 4.98 Å². The molecule has 1 heterocycles. The van der Waals surface area contributed by atoms with Gasteiger partial charge in [0.25, 0.3) is 5.91 Å². The quantitative estimate of drug-likeness (QED) is 0.778. The fraction of sp³-hybridized carbons (Fsp3) is 0.294. The van der Waals surface area contributed by atoms with E-state index in [1.54, 1.807) is 0 Å². The van der Waals surface area contributed by atoms with Crippen LogP contribution in [0.15, 0.2) is 36.5 Å². The van der Waals surface area contributed by atoms with E-state index in [0.717, 1.165) is 11.3 Å². The van der Waals surface area contributed by atoms with Crippen LogP contribution in [0.5, 0.6) is 5.88 Å². The number of nitrogens with zero attached hydrogens (tertiary/aromatic N) is 1. The molecular formula is C17H19Cl2N3O2. The van der Waals surface area contributed by atoms with Gasteiger partial charge in [-0.2, -0.15) is 0 Å². The van der Waals surface area contributed by atoms with E-state index < -0.39 is 6.10 Å². The molecule has 2 aromatic rings. The van der Waals surface area contributed by atoms with E-state index in [2.05, 4.69) is 15.6 Å². The summed E-state index contributed by atoms with van der Waals surface area (Å²) >= 11 is 11.8. The number of halogens is 2. The van der Waals surface area contributed by atoms with Crippen molar-refractivity contribution in [2.24, 2.45) is 0 Å². The zero-order valence-electron chi connectivity index (χ0n) is 13.5. The number of anilines is 1. The largest absolute Gasteiger partial charge is 0.463 e. The summed E-state index contributed by atoms with van der Waals surface area (Å²) in [6.07, 6.45) is 1.24. The van der Waals surface area contributed by atoms with Crippen molar-refractivity contribution in [3.05, 3.63) is 52.1 Å². The second kappa shape index (κ2) is 8.76. The Morgan fingerprint density at radius 1 is 1.33 bits per heavy atom. The first kappa shape index (κ1) is 18.4. The van der Waals surface area contributed by atoms with Crippen LogP contribution >= 0.6 is 23.2 Å². The second-order valence-electron chi connectivity index (χ2n) is 5.12. The number of hydrogen-bond donors (Lipinski definition) is 2. The van der Waals surface area contributed by atoms with Crippen molar-refractivity contribution in [3.8, 4) is 5.88 Å². The molecule has 0 fully saturated rings. The van der Waals surface area contributed by atoms with Crippen LogP contribution in [0.25, 0.3) is 0 Å². The van der Waals surface area contributed by atoms with Gasteiger partial charge in [0.1, 0.15) is 5.02 Å². The molecule has 1 amide bonds. The van der Waals surface area contributed by atoms with E-state index >= 15 is 0 Å². The third kappa shape index (κ3) is 5.01. The molecule has 1 atom stereocenters. The van der Waals surface area contributed by atoms with E-state index in [1.807, 2.05) is 38.2 Å². The molecule has 24 heavy (non-hydrogen) atoms. The van der Waals surface area contributed by atoms with E-state index in [9.17, 15) is 4.79 Å². The molecule has 0 aliphatic heterocycles. The number of nitrogens with one attached hydrogen (secondary N) is 2. The summed E-state index contributed by atoms with van der Waals surface area (Å²) in [5.41, 5.74) is 1.98. The molecule has 1 unspecified atom stereocenters. The normalized spacial score (nSPS) is 11.7. The van der Waals surface area contributed by atoms with E-state index in [4.69, 9.17) is 27.9 Å². The summed E-state index contributed by atoms with van der Waals surface area (Å²) in [6, 6.07) is 9.33. The molecule has 0 aliphatic rings. The first-order valence-corrected chi connectivity index (χ1v) is 8.31. The maximum absolute atomic E-state index is 12.3. The predicted octanol–water partition coefficient (Wildman–Crippen LogP) is 3.90. The topological polar surface area (TPSA) is 63.2 Å². The standard InChI is InChI=1S/C17H19Cl2N3O2/c1-3-15(24-17-14(19)8-12(18)10-22-17)16(23)21-9-11-5-4-6-13(7-11)20-2/h4-8,10,15,20H,3,9H2,1-2H3,(H,21,23). The first-order valence-electron chi connectivity index (χ1n) is 7.55. The maximum Gasteiger partial charge on any atom is 0.261 e. The van der Waals surface area contributed by atoms with Gasteiger partial charge in [-0.15, -0.1) is 0 Å². The molecule has 7 heteroatoms. The highest BCUT2D eigenvalue weighted by Gasteiger charge is 2.20. The van der Waals surface area contributed by atoms with Crippen LogP contribution in [-0.4, -0.2) is 24.0 Å². The lowest BCUT2D eigenvalue weighted by atomic mass is 10.2. The molecule has 0 spiro atoms. The van der Waals surface area contributed by atoms with Crippen molar-refractivity contribution in [2.45, 2.75) is 26.0 Å². The van der Waals surface area contributed by atoms with Crippen LogP contribution in [0, 0.1) is 0 Å². The Labute approximate surface area is 151 Å². The van der Waals surface area contributed by atoms with Crippen molar-refractivity contribution in [2.75, 3.05) is 12.4 Å². The van der Waals surface area contributed by atoms with Gasteiger partial charge in [-0.05, 0) is 30.2 Å². The predicted molar refractivity (Wildman–Crippen MR) is 96.8 cm³/mol. The van der Waals surface area contributed by atoms with Gasteiger partial charge in [0.15, 0.2) is 6.10 Å². The molecule has 1 aromatic carbocycles. The lowest BCUT2D eigenvalue weighted by Gasteiger charge is -2.17. The summed E-state index contributed by atoms with van der Waals surface area (Å²) < 4.78 is 5.62. The highest BCUT2D eigenvalue weighted by Crippen LogP contribution is 2.25. The van der Waals surface area contributed by atoms with Gasteiger partial charge >= 0.3 is 0 Å². The number of rotatable bonds is 7. The third-order valence-corrected chi connectivity index (χ3v) is 3.85. The Morgan fingerprint density at radius 2 is 2.12 bits per heavy atom. The molecule has 1 aromatic heterocycles. The van der Waals surface area contributed by atoms with Crippen LogP contribution in [0.3, 0.4) is 0 Å². The van der Waals surface area contributed by atoms with Crippen molar-refractivity contribution in [3.63, 3.8) is 0 Å². The zero-order valence-corrected chi connectivity index (χ0v) is 15.0. The number of carbonyl (C=O) groups is 1. The third-order valence-electron chi connectivity index (χ3n) is 3.37. The fourth-order valence-electron chi connectivity index (χ4n) is 2.09. The number of carbonyl (C=O) groups excluding carboxylic acids is 1. The molecule has 0 radical (unpaired) electrons. The summed E-state index contributed by atoms with van der Waals surface area (Å²) in [5.74, 6) is -0.0274. The summed E-state index contributed by atoms with van der Waals surface area (Å²) in [6.45, 7) is 2.27. The van der Waals surface area contributed by atoms with Crippen molar-refractivity contribution < 1.29 is 9.53 Å². The molecule has 0 aliphatic carbocycles. The van der Waals surface area contributed by atoms with Crippen molar-refractivity contribution in [1.29, 1.82) is 0 Å². The highest BCUT2D eigenvalue weighted by molar-refractivity contribution is 6.35. The van der Waals surface area contributed by atoms with Gasteiger partial charge in [-0.3, -0.25) is 4.79 Å². The van der Waals surface area contributed by atoms with Crippen LogP contribution in [0.4, 0.5) is 5.69 Å².